The van der Waals surface area contributed by atoms with Crippen molar-refractivity contribution in [1.82, 2.24) is 47.2 Å². The molecule has 418 valence electrons. The van der Waals surface area contributed by atoms with Gasteiger partial charge in [0.2, 0.25) is 47.3 Å². The maximum atomic E-state index is 14.9. The number of carbonyl (C=O) groups excluding carboxylic acids is 8. The molecule has 6 aromatic rings. The Bertz CT molecular complexity index is 3070. The number of unbranched alkanes of at least 4 members (excludes halogenated alkanes) is 1. The highest BCUT2D eigenvalue weighted by atomic mass is 33.1. The zero-order valence-electron chi connectivity index (χ0n) is 44.1. The van der Waals surface area contributed by atoms with Crippen molar-refractivity contribution in [3.63, 3.8) is 0 Å². The molecule has 20 nitrogen and oxygen atoms in total. The normalized spacial score (nSPS) is 20.9. The molecule has 0 unspecified atom stereocenters. The number of nitrogens with two attached hydrogens (primary N) is 3. The smallest absolute Gasteiger partial charge is 0.244 e. The molecule has 3 heterocycles. The summed E-state index contributed by atoms with van der Waals surface area (Å²) < 4.78 is 0. The standard InChI is InChI=1S/C57H70N12O8S2/c1-33(2)49-57(77)68-48(55(75)64-44(50(60)70)27-36-29-61-41-21-11-9-19-38(36)41)32-79-78-31-47(67-51(71)40(59)25-34-15-5-3-6-16-34)56(76)65-45(26-35-17-7-4-8-18-35)53(73)66-46(28-37-30-62-42-22-12-10-20-39(37)42)54(74)63-43(52(72)69-49)23-13-14-24-58/h3-12,15-22,29-30,33,40,43-49,61-62H,13-14,23-28,31-32,58-59H2,1-2H3,(H2,60,70)(H,63,74)(H,64,75)(H,65,76)(H,66,73)(H,67,71)(H,68,77)(H,69,72)/t40-,43+,44-,45+,46-,47+,48+,49+/m1/s1. The number of nitrogens with one attached hydrogen (secondary N) is 9. The third-order valence-electron chi connectivity index (χ3n) is 13.7. The van der Waals surface area contributed by atoms with E-state index in [4.69, 9.17) is 17.2 Å². The molecule has 0 aliphatic carbocycles. The van der Waals surface area contributed by atoms with Crippen LogP contribution in [0.1, 0.15) is 55.4 Å². The number of H-pyrrole nitrogens is 2. The van der Waals surface area contributed by atoms with Crippen LogP contribution in [0.5, 0.6) is 0 Å². The summed E-state index contributed by atoms with van der Waals surface area (Å²) in [6.07, 6.45) is 4.57. The Labute approximate surface area is 466 Å². The molecule has 2 aromatic heterocycles. The predicted molar refractivity (Wildman–Crippen MR) is 308 cm³/mol. The molecule has 7 rings (SSSR count). The SMILES string of the molecule is CC(C)[C@@H]1NC(=O)[C@H](CCCCN)NC(=O)[C@@H](Cc2c[nH]c3ccccc23)NC(=O)[C@H](Cc2ccccc2)NC(=O)[C@@H](NC(=O)[C@H](N)Cc2ccccc2)CSSC[C@@H](C(=O)N[C@H](Cc2c[nH]c3ccccc23)C(N)=O)NC1=O. The van der Waals surface area contributed by atoms with E-state index in [1.54, 1.807) is 56.6 Å². The number of primary amides is 1. The van der Waals surface area contributed by atoms with Crippen LogP contribution >= 0.6 is 21.6 Å². The van der Waals surface area contributed by atoms with Crippen LogP contribution in [-0.4, -0.2) is 124 Å². The molecular formula is C57H70N12O8S2. The van der Waals surface area contributed by atoms with E-state index in [0.29, 0.717) is 36.1 Å². The zero-order chi connectivity index (χ0) is 56.4. The van der Waals surface area contributed by atoms with Crippen LogP contribution < -0.4 is 54.4 Å². The fourth-order valence-electron chi connectivity index (χ4n) is 9.27. The number of aromatic amines is 2. The molecule has 79 heavy (non-hydrogen) atoms. The fourth-order valence-corrected chi connectivity index (χ4v) is 11.6. The molecule has 1 aliphatic rings. The largest absolute Gasteiger partial charge is 0.368 e. The van der Waals surface area contributed by atoms with Crippen LogP contribution in [0.2, 0.25) is 0 Å². The number of amides is 8. The number of aromatic nitrogens is 2. The molecule has 1 saturated heterocycles. The number of para-hydroxylation sites is 2. The molecule has 4 aromatic carbocycles. The first-order valence-electron chi connectivity index (χ1n) is 26.4. The monoisotopic (exact) mass is 1110 g/mol. The summed E-state index contributed by atoms with van der Waals surface area (Å²) in [6.45, 7) is 3.72. The molecule has 8 amide bonds. The van der Waals surface area contributed by atoms with E-state index in [1.807, 2.05) is 78.9 Å². The van der Waals surface area contributed by atoms with Gasteiger partial charge in [0.25, 0.3) is 0 Å². The number of carbonyl (C=O) groups is 8. The summed E-state index contributed by atoms with van der Waals surface area (Å²) in [7, 11) is 2.18. The summed E-state index contributed by atoms with van der Waals surface area (Å²) in [5.41, 5.74) is 22.7. The van der Waals surface area contributed by atoms with Gasteiger partial charge in [0.1, 0.15) is 42.3 Å². The summed E-state index contributed by atoms with van der Waals surface area (Å²) >= 11 is 0. The van der Waals surface area contributed by atoms with Gasteiger partial charge in [-0.05, 0) is 72.5 Å². The summed E-state index contributed by atoms with van der Waals surface area (Å²) in [4.78, 5) is 121. The molecule has 0 radical (unpaired) electrons. The molecule has 15 N–H and O–H groups in total. The average Bonchev–Trinajstić information content (AvgIpc) is 4.11. The first-order valence-corrected chi connectivity index (χ1v) is 28.9. The summed E-state index contributed by atoms with van der Waals surface area (Å²) in [6, 6.07) is 22.9. The molecular weight excluding hydrogens is 1040 g/mol. The average molecular weight is 1120 g/mol. The fraction of sp³-hybridized carbons (Fsp3) is 0.368. The van der Waals surface area contributed by atoms with Gasteiger partial charge in [-0.3, -0.25) is 38.4 Å². The Kier molecular flexibility index (Phi) is 21.5. The van der Waals surface area contributed by atoms with Crippen LogP contribution in [0, 0.1) is 5.92 Å². The lowest BCUT2D eigenvalue weighted by Gasteiger charge is -2.29. The minimum absolute atomic E-state index is 0.0183. The van der Waals surface area contributed by atoms with E-state index in [9.17, 15) is 38.4 Å². The maximum Gasteiger partial charge on any atom is 0.244 e. The van der Waals surface area contributed by atoms with Gasteiger partial charge in [-0.25, -0.2) is 0 Å². The Morgan fingerprint density at radius 1 is 0.608 bits per heavy atom. The van der Waals surface area contributed by atoms with Crippen molar-refractivity contribution >= 4 is 90.7 Å². The second-order valence-electron chi connectivity index (χ2n) is 20.0. The third kappa shape index (κ3) is 16.7. The Morgan fingerprint density at radius 2 is 1.15 bits per heavy atom. The lowest BCUT2D eigenvalue weighted by molar-refractivity contribution is -0.136. The van der Waals surface area contributed by atoms with Crippen molar-refractivity contribution in [2.75, 3.05) is 18.1 Å². The second kappa shape index (κ2) is 28.8. The van der Waals surface area contributed by atoms with Crippen molar-refractivity contribution in [2.24, 2.45) is 23.1 Å². The van der Waals surface area contributed by atoms with E-state index in [0.717, 1.165) is 49.0 Å². The lowest BCUT2D eigenvalue weighted by Crippen LogP contribution is -2.61. The van der Waals surface area contributed by atoms with Gasteiger partial charge >= 0.3 is 0 Å². The van der Waals surface area contributed by atoms with Crippen molar-refractivity contribution in [2.45, 2.75) is 107 Å². The van der Waals surface area contributed by atoms with Crippen LogP contribution in [0.15, 0.2) is 122 Å². The van der Waals surface area contributed by atoms with Crippen molar-refractivity contribution in [3.05, 3.63) is 144 Å². The van der Waals surface area contributed by atoms with Gasteiger partial charge in [-0.15, -0.1) is 0 Å². The van der Waals surface area contributed by atoms with E-state index < -0.39 is 102 Å². The highest BCUT2D eigenvalue weighted by Gasteiger charge is 2.36. The van der Waals surface area contributed by atoms with Crippen LogP contribution in [0.3, 0.4) is 0 Å². The van der Waals surface area contributed by atoms with Gasteiger partial charge in [0.15, 0.2) is 0 Å². The number of hydrogen-bond acceptors (Lipinski definition) is 12. The molecule has 1 aliphatic heterocycles. The van der Waals surface area contributed by atoms with Crippen LogP contribution in [-0.2, 0) is 64.0 Å². The number of benzene rings is 4. The second-order valence-corrected chi connectivity index (χ2v) is 22.5. The van der Waals surface area contributed by atoms with E-state index in [2.05, 4.69) is 47.2 Å². The molecule has 1 fully saturated rings. The quantitative estimate of drug-likeness (QED) is 0.0436. The van der Waals surface area contributed by atoms with Gasteiger partial charge in [-0.1, -0.05) is 132 Å². The van der Waals surface area contributed by atoms with Crippen LogP contribution in [0.25, 0.3) is 21.8 Å². The van der Waals surface area contributed by atoms with Gasteiger partial charge in [0.05, 0.1) is 6.04 Å². The minimum atomic E-state index is -1.36. The Morgan fingerprint density at radius 3 is 1.78 bits per heavy atom. The highest BCUT2D eigenvalue weighted by Crippen LogP contribution is 2.25. The number of rotatable bonds is 18. The Balaban J connectivity index is 1.24. The van der Waals surface area contributed by atoms with Crippen LogP contribution in [0.4, 0.5) is 0 Å². The lowest BCUT2D eigenvalue weighted by atomic mass is 10.00. The van der Waals surface area contributed by atoms with Gasteiger partial charge < -0.3 is 64.4 Å². The maximum absolute atomic E-state index is 14.9. The Hall–Kier alpha value is -7.66. The first kappa shape index (κ1) is 59.0. The first-order chi connectivity index (χ1) is 38.1. The number of fused-ring (bicyclic) bond motifs is 2. The van der Waals surface area contributed by atoms with Gasteiger partial charge in [0, 0.05) is 65.0 Å². The van der Waals surface area contributed by atoms with Crippen molar-refractivity contribution < 1.29 is 38.4 Å². The van der Waals surface area contributed by atoms with E-state index in [-0.39, 0.29) is 43.6 Å². The zero-order valence-corrected chi connectivity index (χ0v) is 45.8. The van der Waals surface area contributed by atoms with Crippen molar-refractivity contribution in [3.8, 4) is 0 Å². The molecule has 22 heteroatoms. The molecule has 0 bridgehead atoms. The minimum Gasteiger partial charge on any atom is -0.368 e. The van der Waals surface area contributed by atoms with Crippen molar-refractivity contribution in [1.29, 1.82) is 0 Å². The predicted octanol–water partition coefficient (Wildman–Crippen LogP) is 2.31. The van der Waals surface area contributed by atoms with E-state index in [1.165, 1.54) is 0 Å². The molecule has 0 saturated carbocycles. The highest BCUT2D eigenvalue weighted by molar-refractivity contribution is 8.76. The summed E-state index contributed by atoms with van der Waals surface area (Å²) in [5.74, 6) is -6.73. The topological polar surface area (TPSA) is 330 Å². The molecule has 8 atom stereocenters. The van der Waals surface area contributed by atoms with E-state index >= 15 is 0 Å². The molecule has 0 spiro atoms. The summed E-state index contributed by atoms with van der Waals surface area (Å²) in [5, 5.41) is 21.4. The van der Waals surface area contributed by atoms with Gasteiger partial charge in [-0.2, -0.15) is 0 Å². The third-order valence-corrected chi connectivity index (χ3v) is 16.1. The number of hydrogen-bond donors (Lipinski definition) is 12.